The van der Waals surface area contributed by atoms with Crippen LogP contribution in [0, 0.1) is 22.7 Å². The van der Waals surface area contributed by atoms with Crippen LogP contribution in [0.3, 0.4) is 0 Å². The number of hydrogen-bond acceptors (Lipinski definition) is 4. The summed E-state index contributed by atoms with van der Waals surface area (Å²) < 4.78 is 0. The Morgan fingerprint density at radius 1 is 0.750 bits per heavy atom. The van der Waals surface area contributed by atoms with Crippen LogP contribution in [0.1, 0.15) is 11.4 Å². The number of nitriles is 2. The van der Waals surface area contributed by atoms with Gasteiger partial charge in [-0.2, -0.15) is 10.5 Å². The van der Waals surface area contributed by atoms with E-state index in [0.29, 0.717) is 11.4 Å². The molecule has 2 heterocycles. The lowest BCUT2D eigenvalue weighted by Crippen LogP contribution is -1.86. The molecule has 0 atom stereocenters. The average molecular weight is 206 g/mol. The minimum absolute atomic E-state index is 0.380. The highest BCUT2D eigenvalue weighted by atomic mass is 14.7. The lowest BCUT2D eigenvalue weighted by Gasteiger charge is -1.99. The summed E-state index contributed by atoms with van der Waals surface area (Å²) in [5.74, 6) is 0. The molecule has 0 aliphatic rings. The van der Waals surface area contributed by atoms with Crippen LogP contribution in [0.15, 0.2) is 36.7 Å². The molecule has 0 saturated carbocycles. The lowest BCUT2D eigenvalue weighted by atomic mass is 10.1. The van der Waals surface area contributed by atoms with Gasteiger partial charge in [0.25, 0.3) is 0 Å². The molecule has 0 unspecified atom stereocenters. The van der Waals surface area contributed by atoms with Crippen molar-refractivity contribution in [1.29, 1.82) is 10.5 Å². The molecule has 0 saturated heterocycles. The van der Waals surface area contributed by atoms with Gasteiger partial charge >= 0.3 is 0 Å². The van der Waals surface area contributed by atoms with Crippen LogP contribution in [-0.2, 0) is 0 Å². The van der Waals surface area contributed by atoms with Crippen molar-refractivity contribution >= 4 is 0 Å². The van der Waals surface area contributed by atoms with Gasteiger partial charge in [0, 0.05) is 23.5 Å². The molecule has 0 spiro atoms. The van der Waals surface area contributed by atoms with E-state index < -0.39 is 0 Å². The fourth-order valence-electron chi connectivity index (χ4n) is 1.26. The normalized spacial score (nSPS) is 9.12. The third-order valence-electron chi connectivity index (χ3n) is 2.09. The second-order valence-electron chi connectivity index (χ2n) is 3.09. The molecule has 74 valence electrons. The summed E-state index contributed by atoms with van der Waals surface area (Å²) in [6.07, 6.45) is 3.23. The second-order valence-corrected chi connectivity index (χ2v) is 3.09. The zero-order valence-electron chi connectivity index (χ0n) is 8.25. The monoisotopic (exact) mass is 206 g/mol. The Hall–Kier alpha value is -2.72. The topological polar surface area (TPSA) is 73.4 Å². The molecule has 16 heavy (non-hydrogen) atoms. The van der Waals surface area contributed by atoms with E-state index in [4.69, 9.17) is 10.5 Å². The van der Waals surface area contributed by atoms with Gasteiger partial charge in [-0.15, -0.1) is 0 Å². The molecule has 0 fully saturated rings. The standard InChI is InChI=1S/C12H6N4/c13-5-11-3-1-9(7-15-11)10-2-4-12(6-14)16-8-10/h1-4,7-8H. The molecule has 0 bridgehead atoms. The summed E-state index contributed by atoms with van der Waals surface area (Å²) in [7, 11) is 0. The van der Waals surface area contributed by atoms with Crippen LogP contribution in [0.2, 0.25) is 0 Å². The molecule has 2 aromatic heterocycles. The van der Waals surface area contributed by atoms with Crippen molar-refractivity contribution in [3.63, 3.8) is 0 Å². The van der Waals surface area contributed by atoms with Gasteiger partial charge in [0.05, 0.1) is 0 Å². The Balaban J connectivity index is 2.36. The summed E-state index contributed by atoms with van der Waals surface area (Å²) in [6.45, 7) is 0. The molecular formula is C12H6N4. The van der Waals surface area contributed by atoms with Gasteiger partial charge in [0.2, 0.25) is 0 Å². The van der Waals surface area contributed by atoms with E-state index in [2.05, 4.69) is 9.97 Å². The van der Waals surface area contributed by atoms with Crippen molar-refractivity contribution in [2.75, 3.05) is 0 Å². The molecule has 0 radical (unpaired) electrons. The third kappa shape index (κ3) is 1.87. The largest absolute Gasteiger partial charge is 0.245 e. The number of aromatic nitrogens is 2. The van der Waals surface area contributed by atoms with E-state index in [1.54, 1.807) is 36.7 Å². The van der Waals surface area contributed by atoms with Gasteiger partial charge in [0.15, 0.2) is 0 Å². The predicted octanol–water partition coefficient (Wildman–Crippen LogP) is 1.89. The first-order valence-electron chi connectivity index (χ1n) is 4.56. The first kappa shape index (κ1) is 9.82. The smallest absolute Gasteiger partial charge is 0.140 e. The Morgan fingerprint density at radius 3 is 1.44 bits per heavy atom. The minimum atomic E-state index is 0.380. The molecule has 0 aliphatic carbocycles. The SMILES string of the molecule is N#Cc1ccc(-c2ccc(C#N)nc2)cn1. The van der Waals surface area contributed by atoms with E-state index in [1.165, 1.54) is 0 Å². The predicted molar refractivity (Wildman–Crippen MR) is 56.9 cm³/mol. The summed E-state index contributed by atoms with van der Waals surface area (Å²) in [4.78, 5) is 7.92. The summed E-state index contributed by atoms with van der Waals surface area (Å²) >= 11 is 0. The Kier molecular flexibility index (Phi) is 2.58. The molecular weight excluding hydrogens is 200 g/mol. The van der Waals surface area contributed by atoms with Crippen LogP contribution >= 0.6 is 0 Å². The van der Waals surface area contributed by atoms with Gasteiger partial charge in [0.1, 0.15) is 23.5 Å². The van der Waals surface area contributed by atoms with Crippen LogP contribution in [-0.4, -0.2) is 9.97 Å². The zero-order chi connectivity index (χ0) is 11.4. The van der Waals surface area contributed by atoms with E-state index >= 15 is 0 Å². The zero-order valence-corrected chi connectivity index (χ0v) is 8.25. The van der Waals surface area contributed by atoms with E-state index in [1.807, 2.05) is 12.1 Å². The number of nitrogens with zero attached hydrogens (tertiary/aromatic N) is 4. The van der Waals surface area contributed by atoms with E-state index in [-0.39, 0.29) is 0 Å². The summed E-state index contributed by atoms with van der Waals surface area (Å²) in [5.41, 5.74) is 2.50. The highest BCUT2D eigenvalue weighted by Gasteiger charge is 1.99. The quantitative estimate of drug-likeness (QED) is 0.714. The highest BCUT2D eigenvalue weighted by molar-refractivity contribution is 5.62. The molecule has 0 aromatic carbocycles. The van der Waals surface area contributed by atoms with Crippen molar-refractivity contribution in [3.8, 4) is 23.3 Å². The Morgan fingerprint density at radius 2 is 1.19 bits per heavy atom. The fourth-order valence-corrected chi connectivity index (χ4v) is 1.26. The number of rotatable bonds is 1. The molecule has 2 rings (SSSR count). The van der Waals surface area contributed by atoms with Gasteiger partial charge in [-0.25, -0.2) is 9.97 Å². The van der Waals surface area contributed by atoms with Crippen LogP contribution in [0.5, 0.6) is 0 Å². The van der Waals surface area contributed by atoms with Gasteiger partial charge in [-0.1, -0.05) is 0 Å². The molecule has 0 aliphatic heterocycles. The first-order chi connectivity index (χ1) is 7.83. The molecule has 0 amide bonds. The number of pyridine rings is 2. The minimum Gasteiger partial charge on any atom is -0.245 e. The van der Waals surface area contributed by atoms with E-state index in [0.717, 1.165) is 11.1 Å². The average Bonchev–Trinajstić information content (AvgIpc) is 2.39. The maximum atomic E-state index is 8.61. The molecule has 2 aromatic rings. The van der Waals surface area contributed by atoms with Crippen molar-refractivity contribution in [2.24, 2.45) is 0 Å². The number of hydrogen-bond donors (Lipinski definition) is 0. The fraction of sp³-hybridized carbons (Fsp3) is 0. The Labute approximate surface area is 92.4 Å². The van der Waals surface area contributed by atoms with E-state index in [9.17, 15) is 0 Å². The van der Waals surface area contributed by atoms with Crippen molar-refractivity contribution in [3.05, 3.63) is 48.0 Å². The maximum absolute atomic E-state index is 8.61. The van der Waals surface area contributed by atoms with Crippen molar-refractivity contribution < 1.29 is 0 Å². The van der Waals surface area contributed by atoms with Gasteiger partial charge < -0.3 is 0 Å². The van der Waals surface area contributed by atoms with Gasteiger partial charge in [-0.3, -0.25) is 0 Å². The lowest BCUT2D eigenvalue weighted by molar-refractivity contribution is 1.24. The Bertz CT molecular complexity index is 515. The maximum Gasteiger partial charge on any atom is 0.140 e. The van der Waals surface area contributed by atoms with Crippen molar-refractivity contribution in [1.82, 2.24) is 9.97 Å². The van der Waals surface area contributed by atoms with Gasteiger partial charge in [-0.05, 0) is 24.3 Å². The molecule has 4 nitrogen and oxygen atoms in total. The summed E-state index contributed by atoms with van der Waals surface area (Å²) in [6, 6.07) is 10.8. The third-order valence-corrected chi connectivity index (χ3v) is 2.09. The molecule has 4 heteroatoms. The summed E-state index contributed by atoms with van der Waals surface area (Å²) in [5, 5.41) is 17.2. The van der Waals surface area contributed by atoms with Crippen molar-refractivity contribution in [2.45, 2.75) is 0 Å². The first-order valence-corrected chi connectivity index (χ1v) is 4.56. The van der Waals surface area contributed by atoms with Crippen LogP contribution in [0.25, 0.3) is 11.1 Å². The highest BCUT2D eigenvalue weighted by Crippen LogP contribution is 2.17. The van der Waals surface area contributed by atoms with Crippen LogP contribution < -0.4 is 0 Å². The second kappa shape index (κ2) is 4.20. The molecule has 0 N–H and O–H groups in total. The van der Waals surface area contributed by atoms with Crippen LogP contribution in [0.4, 0.5) is 0 Å².